The molecule has 15 heavy (non-hydrogen) atoms. The van der Waals surface area contributed by atoms with E-state index in [1.54, 1.807) is 0 Å². The summed E-state index contributed by atoms with van der Waals surface area (Å²) in [7, 11) is -8.15. The van der Waals surface area contributed by atoms with Crippen molar-refractivity contribution in [3.63, 3.8) is 0 Å². The first-order chi connectivity index (χ1) is 6.23. The Bertz CT molecular complexity index is 507. The van der Waals surface area contributed by atoms with Crippen molar-refractivity contribution in [3.8, 4) is 0 Å². The minimum atomic E-state index is -4.08. The van der Waals surface area contributed by atoms with Gasteiger partial charge in [0, 0.05) is 0 Å². The van der Waals surface area contributed by atoms with Crippen molar-refractivity contribution in [1.29, 1.82) is 0 Å². The van der Waals surface area contributed by atoms with Crippen LogP contribution in [0.5, 0.6) is 0 Å². The van der Waals surface area contributed by atoms with Crippen molar-refractivity contribution >= 4 is 20.0 Å². The zero-order valence-corrected chi connectivity index (χ0v) is 11.5. The summed E-state index contributed by atoms with van der Waals surface area (Å²) in [6.45, 7) is 0. The number of sulfonamides is 2. The van der Waals surface area contributed by atoms with Crippen LogP contribution in [0.15, 0.2) is 34.1 Å². The molecule has 0 radical (unpaired) electrons. The zero-order valence-electron chi connectivity index (χ0n) is 8.91. The first-order valence-electron chi connectivity index (χ1n) is 3.37. The molecule has 0 saturated carbocycles. The van der Waals surface area contributed by atoms with Crippen LogP contribution in [0.25, 0.3) is 0 Å². The van der Waals surface area contributed by atoms with E-state index in [9.17, 15) is 16.8 Å². The van der Waals surface area contributed by atoms with Crippen LogP contribution in [-0.4, -0.2) is 16.8 Å². The summed E-state index contributed by atoms with van der Waals surface area (Å²) in [5.41, 5.74) is 0. The molecule has 0 unspecified atom stereocenters. The van der Waals surface area contributed by atoms with Crippen molar-refractivity contribution in [2.45, 2.75) is 9.79 Å². The third kappa shape index (κ3) is 3.83. The van der Waals surface area contributed by atoms with Gasteiger partial charge in [-0.25, -0.2) is 27.1 Å². The van der Waals surface area contributed by atoms with Crippen LogP contribution >= 0.6 is 0 Å². The van der Waals surface area contributed by atoms with E-state index in [4.69, 9.17) is 10.3 Å². The fourth-order valence-electron chi connectivity index (χ4n) is 0.920. The van der Waals surface area contributed by atoms with Gasteiger partial charge in [-0.2, -0.15) is 0 Å². The molecule has 6 nitrogen and oxygen atoms in total. The van der Waals surface area contributed by atoms with Crippen molar-refractivity contribution in [1.82, 2.24) is 0 Å². The van der Waals surface area contributed by atoms with Crippen molar-refractivity contribution in [3.05, 3.63) is 24.3 Å². The molecular weight excluding hydrogens is 251 g/mol. The van der Waals surface area contributed by atoms with Gasteiger partial charge in [0.1, 0.15) is 9.79 Å². The van der Waals surface area contributed by atoms with E-state index in [0.29, 0.717) is 0 Å². The Kier molecular flexibility index (Phi) is 4.93. The fourth-order valence-corrected chi connectivity index (χ4v) is 2.85. The SMILES string of the molecule is NS(=O)(=O)c1ccccc1S(N)(=O)=O.[H-].[Na+]. The molecule has 1 aromatic carbocycles. The molecule has 1 aromatic rings. The Labute approximate surface area is 112 Å². The maximum Gasteiger partial charge on any atom is 1.00 e. The first-order valence-corrected chi connectivity index (χ1v) is 6.47. The summed E-state index contributed by atoms with van der Waals surface area (Å²) in [6, 6.07) is 4.87. The third-order valence-electron chi connectivity index (χ3n) is 1.46. The molecule has 0 aliphatic rings. The third-order valence-corrected chi connectivity index (χ3v) is 3.53. The van der Waals surface area contributed by atoms with Gasteiger partial charge >= 0.3 is 29.6 Å². The molecule has 1 rings (SSSR count). The predicted molar refractivity (Wildman–Crippen MR) is 50.3 cm³/mol. The summed E-state index contributed by atoms with van der Waals surface area (Å²) in [6.07, 6.45) is 0. The van der Waals surface area contributed by atoms with Gasteiger partial charge in [0.25, 0.3) is 0 Å². The Hall–Kier alpha value is 0.0400. The van der Waals surface area contributed by atoms with E-state index in [1.165, 1.54) is 12.1 Å². The second-order valence-electron chi connectivity index (χ2n) is 2.54. The van der Waals surface area contributed by atoms with E-state index in [1.807, 2.05) is 0 Å². The van der Waals surface area contributed by atoms with E-state index < -0.39 is 29.8 Å². The predicted octanol–water partition coefficient (Wildman–Crippen LogP) is -3.90. The second-order valence-corrected chi connectivity index (χ2v) is 5.60. The average Bonchev–Trinajstić information content (AvgIpc) is 2.01. The standard InChI is InChI=1S/C6H8N2O4S2.Na.H/c7-13(9,10)5-3-1-2-4-6(5)14(8,11)12;;/h1-4H,(H2,7,9,10)(H2,8,11,12);;/q;+1;-1. The minimum Gasteiger partial charge on any atom is -1.00 e. The van der Waals surface area contributed by atoms with Crippen molar-refractivity contribution in [2.75, 3.05) is 0 Å². The molecule has 0 fully saturated rings. The van der Waals surface area contributed by atoms with Crippen LogP contribution < -0.4 is 39.8 Å². The van der Waals surface area contributed by atoms with E-state index in [-0.39, 0.29) is 31.0 Å². The maximum atomic E-state index is 11.0. The van der Waals surface area contributed by atoms with Gasteiger partial charge in [-0.05, 0) is 12.1 Å². The average molecular weight is 260 g/mol. The Morgan fingerprint density at radius 1 is 0.867 bits per heavy atom. The summed E-state index contributed by atoms with van der Waals surface area (Å²) in [5, 5.41) is 9.61. The van der Waals surface area contributed by atoms with E-state index >= 15 is 0 Å². The summed E-state index contributed by atoms with van der Waals surface area (Å²) >= 11 is 0. The minimum absolute atomic E-state index is 0. The molecule has 0 saturated heterocycles. The smallest absolute Gasteiger partial charge is 1.00 e. The molecule has 0 amide bonds. The number of rotatable bonds is 2. The van der Waals surface area contributed by atoms with Gasteiger partial charge in [-0.15, -0.1) is 0 Å². The Balaban J connectivity index is 0. The van der Waals surface area contributed by atoms with Crippen LogP contribution in [0.1, 0.15) is 1.43 Å². The van der Waals surface area contributed by atoms with Crippen LogP contribution in [0.3, 0.4) is 0 Å². The van der Waals surface area contributed by atoms with Crippen molar-refractivity contribution in [2.24, 2.45) is 10.3 Å². The summed E-state index contributed by atoms with van der Waals surface area (Å²) < 4.78 is 43.8. The summed E-state index contributed by atoms with van der Waals surface area (Å²) in [5.74, 6) is 0. The molecule has 0 aromatic heterocycles. The first kappa shape index (κ1) is 15.0. The normalized spacial score (nSPS) is 11.9. The van der Waals surface area contributed by atoms with Gasteiger partial charge in [-0.3, -0.25) is 0 Å². The molecule has 80 valence electrons. The van der Waals surface area contributed by atoms with Gasteiger partial charge in [0.15, 0.2) is 0 Å². The van der Waals surface area contributed by atoms with Gasteiger partial charge < -0.3 is 1.43 Å². The summed E-state index contributed by atoms with van der Waals surface area (Å²) in [4.78, 5) is -0.995. The second kappa shape index (κ2) is 4.91. The molecule has 0 atom stereocenters. The molecule has 0 spiro atoms. The molecule has 0 aliphatic heterocycles. The number of hydrogen-bond acceptors (Lipinski definition) is 4. The molecular formula is C6H9N2NaO4S2. The van der Waals surface area contributed by atoms with Crippen LogP contribution in [-0.2, 0) is 20.0 Å². The Morgan fingerprint density at radius 3 is 1.33 bits per heavy atom. The maximum absolute atomic E-state index is 11.0. The van der Waals surface area contributed by atoms with Crippen LogP contribution in [0.4, 0.5) is 0 Å². The topological polar surface area (TPSA) is 120 Å². The number of primary sulfonamides is 2. The van der Waals surface area contributed by atoms with E-state index in [0.717, 1.165) is 12.1 Å². The largest absolute Gasteiger partial charge is 1.00 e. The monoisotopic (exact) mass is 260 g/mol. The van der Waals surface area contributed by atoms with Gasteiger partial charge in [0.05, 0.1) is 0 Å². The van der Waals surface area contributed by atoms with E-state index in [2.05, 4.69) is 0 Å². The Morgan fingerprint density at radius 2 is 1.13 bits per heavy atom. The van der Waals surface area contributed by atoms with Gasteiger partial charge in [-0.1, -0.05) is 12.1 Å². The van der Waals surface area contributed by atoms with Gasteiger partial charge in [0.2, 0.25) is 20.0 Å². The molecule has 0 aliphatic carbocycles. The molecule has 9 heteroatoms. The van der Waals surface area contributed by atoms with Crippen molar-refractivity contribution < 1.29 is 47.8 Å². The van der Waals surface area contributed by atoms with Crippen LogP contribution in [0.2, 0.25) is 0 Å². The molecule has 0 heterocycles. The number of nitrogens with two attached hydrogens (primary N) is 2. The molecule has 4 N–H and O–H groups in total. The van der Waals surface area contributed by atoms with Crippen LogP contribution in [0, 0.1) is 0 Å². The number of hydrogen-bond donors (Lipinski definition) is 2. The number of benzene rings is 1. The molecule has 0 bridgehead atoms. The zero-order chi connectivity index (χ0) is 11.0. The fraction of sp³-hybridized carbons (Fsp3) is 0. The quantitative estimate of drug-likeness (QED) is 0.528.